The number of sulfone groups is 1. The number of hydrogen-bond donors (Lipinski definition) is 1. The van der Waals surface area contributed by atoms with Crippen molar-refractivity contribution in [2.75, 3.05) is 18.1 Å². The molecular formula is C14H17N5O4S. The highest BCUT2D eigenvalue weighted by Gasteiger charge is 2.28. The van der Waals surface area contributed by atoms with Crippen LogP contribution in [0.5, 0.6) is 5.75 Å². The van der Waals surface area contributed by atoms with E-state index in [4.69, 9.17) is 4.74 Å². The van der Waals surface area contributed by atoms with Gasteiger partial charge in [0.05, 0.1) is 18.6 Å². The first-order valence-electron chi connectivity index (χ1n) is 7.38. The number of aromatic nitrogens is 4. The van der Waals surface area contributed by atoms with E-state index in [2.05, 4.69) is 20.7 Å². The predicted octanol–water partition coefficient (Wildman–Crippen LogP) is -0.441. The van der Waals surface area contributed by atoms with Crippen LogP contribution in [0.15, 0.2) is 24.3 Å². The molecule has 0 saturated carbocycles. The molecule has 2 aromatic rings. The molecule has 1 amide bonds. The smallest absolute Gasteiger partial charge is 0.258 e. The van der Waals surface area contributed by atoms with Crippen molar-refractivity contribution < 1.29 is 17.9 Å². The van der Waals surface area contributed by atoms with Gasteiger partial charge >= 0.3 is 0 Å². The van der Waals surface area contributed by atoms with E-state index in [9.17, 15) is 13.2 Å². The van der Waals surface area contributed by atoms with Gasteiger partial charge in [-0.2, -0.15) is 4.80 Å². The van der Waals surface area contributed by atoms with Crippen molar-refractivity contribution in [3.63, 3.8) is 0 Å². The van der Waals surface area contributed by atoms with Crippen LogP contribution in [0, 0.1) is 0 Å². The summed E-state index contributed by atoms with van der Waals surface area (Å²) < 4.78 is 28.1. The van der Waals surface area contributed by atoms with Gasteiger partial charge in [0.15, 0.2) is 16.4 Å². The van der Waals surface area contributed by atoms with Gasteiger partial charge in [-0.15, -0.1) is 10.2 Å². The normalized spacial score (nSPS) is 19.1. The molecule has 1 unspecified atom stereocenters. The first kappa shape index (κ1) is 16.4. The minimum Gasteiger partial charge on any atom is -0.484 e. The number of hydrogen-bond acceptors (Lipinski definition) is 7. The molecule has 1 aliphatic rings. The van der Waals surface area contributed by atoms with Gasteiger partial charge in [0.2, 0.25) is 5.82 Å². The first-order chi connectivity index (χ1) is 11.4. The third-order valence-corrected chi connectivity index (χ3v) is 5.36. The molecule has 0 bridgehead atoms. The fourth-order valence-corrected chi connectivity index (χ4v) is 4.10. The molecule has 24 heavy (non-hydrogen) atoms. The molecule has 1 aromatic heterocycles. The maximum absolute atomic E-state index is 11.8. The summed E-state index contributed by atoms with van der Waals surface area (Å²) in [5.41, 5.74) is 0.788. The summed E-state index contributed by atoms with van der Waals surface area (Å²) in [6.07, 6.45) is 0.452. The van der Waals surface area contributed by atoms with Gasteiger partial charge in [-0.25, -0.2) is 8.42 Å². The zero-order valence-corrected chi connectivity index (χ0v) is 13.9. The Balaban J connectivity index is 1.50. The molecule has 1 fully saturated rings. The highest BCUT2D eigenvalue weighted by atomic mass is 32.2. The summed E-state index contributed by atoms with van der Waals surface area (Å²) in [6.45, 7) is -0.167. The van der Waals surface area contributed by atoms with Gasteiger partial charge < -0.3 is 10.1 Å². The number of carbonyl (C=O) groups excluding carboxylic acids is 1. The number of tetrazole rings is 1. The predicted molar refractivity (Wildman–Crippen MR) is 84.9 cm³/mol. The van der Waals surface area contributed by atoms with Crippen molar-refractivity contribution in [3.05, 3.63) is 24.3 Å². The molecule has 128 valence electrons. The number of amides is 1. The number of carbonyl (C=O) groups is 1. The Morgan fingerprint density at radius 1 is 1.38 bits per heavy atom. The van der Waals surface area contributed by atoms with E-state index in [-0.39, 0.29) is 30.1 Å². The molecule has 9 nitrogen and oxygen atoms in total. The third-order valence-electron chi connectivity index (χ3n) is 3.59. The molecule has 1 N–H and O–H groups in total. The second-order valence-electron chi connectivity index (χ2n) is 5.58. The quantitative estimate of drug-likeness (QED) is 0.776. The second-order valence-corrected chi connectivity index (χ2v) is 7.81. The molecule has 0 spiro atoms. The van der Waals surface area contributed by atoms with Gasteiger partial charge in [-0.1, -0.05) is 0 Å². The van der Waals surface area contributed by atoms with Crippen molar-refractivity contribution in [1.82, 2.24) is 25.5 Å². The lowest BCUT2D eigenvalue weighted by Crippen LogP contribution is -2.38. The molecule has 10 heteroatoms. The maximum atomic E-state index is 11.8. The molecule has 2 heterocycles. The van der Waals surface area contributed by atoms with Gasteiger partial charge in [0, 0.05) is 11.6 Å². The second kappa shape index (κ2) is 6.56. The van der Waals surface area contributed by atoms with Crippen molar-refractivity contribution in [2.45, 2.75) is 12.5 Å². The number of rotatable bonds is 5. The van der Waals surface area contributed by atoms with Crippen LogP contribution in [0.4, 0.5) is 0 Å². The van der Waals surface area contributed by atoms with E-state index in [0.29, 0.717) is 18.0 Å². The van der Waals surface area contributed by atoms with Crippen LogP contribution < -0.4 is 10.1 Å². The van der Waals surface area contributed by atoms with Crippen molar-refractivity contribution in [1.29, 1.82) is 0 Å². The van der Waals surface area contributed by atoms with Crippen molar-refractivity contribution in [3.8, 4) is 17.1 Å². The summed E-state index contributed by atoms with van der Waals surface area (Å²) in [7, 11) is -1.33. The monoisotopic (exact) mass is 351 g/mol. The standard InChI is InChI=1S/C14H17N5O4S/c1-19-17-14(16-18-19)10-2-4-12(5-3-10)23-8-13(20)15-11-6-7-24(21,22)9-11/h2-5,11H,6-9H2,1H3,(H,15,20). The molecule has 1 aliphatic heterocycles. The van der Waals surface area contributed by atoms with Crippen LogP contribution >= 0.6 is 0 Å². The number of ether oxygens (including phenoxy) is 1. The van der Waals surface area contributed by atoms with Crippen LogP contribution in [-0.2, 0) is 21.7 Å². The lowest BCUT2D eigenvalue weighted by atomic mass is 10.2. The third kappa shape index (κ3) is 4.07. The Morgan fingerprint density at radius 2 is 2.12 bits per heavy atom. The Morgan fingerprint density at radius 3 is 2.71 bits per heavy atom. The highest BCUT2D eigenvalue weighted by molar-refractivity contribution is 7.91. The summed E-state index contributed by atoms with van der Waals surface area (Å²) in [5, 5.41) is 14.4. The van der Waals surface area contributed by atoms with Crippen LogP contribution in [0.3, 0.4) is 0 Å². The number of nitrogens with zero attached hydrogens (tertiary/aromatic N) is 4. The Bertz CT molecular complexity index is 831. The summed E-state index contributed by atoms with van der Waals surface area (Å²) in [4.78, 5) is 13.2. The van der Waals surface area contributed by atoms with Gasteiger partial charge in [-0.3, -0.25) is 4.79 Å². The minimum absolute atomic E-state index is 0.00144. The maximum Gasteiger partial charge on any atom is 0.258 e. The van der Waals surface area contributed by atoms with E-state index >= 15 is 0 Å². The van der Waals surface area contributed by atoms with Crippen molar-refractivity contribution in [2.24, 2.45) is 7.05 Å². The summed E-state index contributed by atoms with van der Waals surface area (Å²) in [5.74, 6) is 0.813. The zero-order valence-electron chi connectivity index (χ0n) is 13.0. The molecule has 0 radical (unpaired) electrons. The van der Waals surface area contributed by atoms with E-state index in [0.717, 1.165) is 5.56 Å². The largest absolute Gasteiger partial charge is 0.484 e. The van der Waals surface area contributed by atoms with Crippen LogP contribution in [0.25, 0.3) is 11.4 Å². The molecule has 0 aliphatic carbocycles. The van der Waals surface area contributed by atoms with Gasteiger partial charge in [-0.05, 0) is 35.9 Å². The fourth-order valence-electron chi connectivity index (χ4n) is 2.43. The molecule has 1 saturated heterocycles. The van der Waals surface area contributed by atoms with E-state index < -0.39 is 9.84 Å². The first-order valence-corrected chi connectivity index (χ1v) is 9.20. The average Bonchev–Trinajstić information content (AvgIpc) is 3.11. The van der Waals surface area contributed by atoms with Crippen molar-refractivity contribution >= 4 is 15.7 Å². The topological polar surface area (TPSA) is 116 Å². The lowest BCUT2D eigenvalue weighted by molar-refractivity contribution is -0.123. The number of aryl methyl sites for hydroxylation is 1. The SMILES string of the molecule is Cn1nnc(-c2ccc(OCC(=O)NC3CCS(=O)(=O)C3)cc2)n1. The minimum atomic E-state index is -3.01. The zero-order chi connectivity index (χ0) is 17.2. The molecule has 1 aromatic carbocycles. The Hall–Kier alpha value is -2.49. The average molecular weight is 351 g/mol. The Labute approximate surface area is 138 Å². The molecule has 1 atom stereocenters. The summed E-state index contributed by atoms with van der Waals surface area (Å²) >= 11 is 0. The summed E-state index contributed by atoms with van der Waals surface area (Å²) in [6, 6.07) is 6.63. The van der Waals surface area contributed by atoms with E-state index in [1.165, 1.54) is 4.80 Å². The van der Waals surface area contributed by atoms with Gasteiger partial charge in [0.25, 0.3) is 5.91 Å². The van der Waals surface area contributed by atoms with Crippen LogP contribution in [0.1, 0.15) is 6.42 Å². The number of nitrogens with one attached hydrogen (secondary N) is 1. The number of benzene rings is 1. The molecular weight excluding hydrogens is 334 g/mol. The Kier molecular flexibility index (Phi) is 4.47. The van der Waals surface area contributed by atoms with E-state index in [1.807, 2.05) is 0 Å². The van der Waals surface area contributed by atoms with Crippen LogP contribution in [-0.4, -0.2) is 58.7 Å². The lowest BCUT2D eigenvalue weighted by Gasteiger charge is -2.11. The fraction of sp³-hybridized carbons (Fsp3) is 0.429. The highest BCUT2D eigenvalue weighted by Crippen LogP contribution is 2.18. The molecule has 3 rings (SSSR count). The van der Waals surface area contributed by atoms with Crippen LogP contribution in [0.2, 0.25) is 0 Å². The van der Waals surface area contributed by atoms with E-state index in [1.54, 1.807) is 31.3 Å². The van der Waals surface area contributed by atoms with Gasteiger partial charge in [0.1, 0.15) is 5.75 Å².